The molecular weight excluding hydrogens is 378 g/mol. The van der Waals surface area contributed by atoms with Gasteiger partial charge in [0.2, 0.25) is 0 Å². The first-order valence-corrected chi connectivity index (χ1v) is 9.68. The first kappa shape index (κ1) is 18.0. The van der Waals surface area contributed by atoms with Crippen molar-refractivity contribution in [2.75, 3.05) is 5.73 Å². The summed E-state index contributed by atoms with van der Waals surface area (Å²) < 4.78 is 1.84. The number of nitrogens with one attached hydrogen (secondary N) is 1. The molecule has 0 aliphatic carbocycles. The summed E-state index contributed by atoms with van der Waals surface area (Å²) in [7, 11) is 0. The number of anilines is 1. The quantitative estimate of drug-likeness (QED) is 0.423. The highest BCUT2D eigenvalue weighted by molar-refractivity contribution is 6.08. The van der Waals surface area contributed by atoms with E-state index in [9.17, 15) is 4.79 Å². The molecule has 0 bridgehead atoms. The number of nitrogen functional groups attached to an aromatic ring is 1. The van der Waals surface area contributed by atoms with Gasteiger partial charge in [0, 0.05) is 59.7 Å². The minimum Gasteiger partial charge on any atom is -0.382 e. The maximum atomic E-state index is 12.3. The van der Waals surface area contributed by atoms with Gasteiger partial charge in [-0.25, -0.2) is 4.98 Å². The molecule has 8 heteroatoms. The number of ketones is 1. The first-order chi connectivity index (χ1) is 14.7. The van der Waals surface area contributed by atoms with Crippen molar-refractivity contribution in [3.05, 3.63) is 66.7 Å². The molecule has 8 nitrogen and oxygen atoms in total. The zero-order valence-corrected chi connectivity index (χ0v) is 16.1. The molecule has 0 aliphatic rings. The lowest BCUT2D eigenvalue weighted by Crippen LogP contribution is -2.04. The number of benzene rings is 1. The molecule has 148 valence electrons. The number of hydrogen-bond acceptors (Lipinski definition) is 6. The van der Waals surface area contributed by atoms with E-state index in [1.807, 2.05) is 35.1 Å². The van der Waals surface area contributed by atoms with Crippen molar-refractivity contribution in [2.45, 2.75) is 19.4 Å². The molecule has 0 saturated carbocycles. The van der Waals surface area contributed by atoms with Crippen LogP contribution in [0.25, 0.3) is 33.1 Å². The van der Waals surface area contributed by atoms with Crippen LogP contribution in [0.3, 0.4) is 0 Å². The molecule has 0 saturated heterocycles. The van der Waals surface area contributed by atoms with Gasteiger partial charge in [0.1, 0.15) is 5.52 Å². The van der Waals surface area contributed by atoms with Crippen LogP contribution in [0.1, 0.15) is 23.2 Å². The van der Waals surface area contributed by atoms with Crippen molar-refractivity contribution in [1.82, 2.24) is 29.9 Å². The van der Waals surface area contributed by atoms with Crippen LogP contribution in [-0.2, 0) is 6.54 Å². The van der Waals surface area contributed by atoms with Gasteiger partial charge in [0.05, 0.1) is 11.2 Å². The van der Waals surface area contributed by atoms with E-state index in [-0.39, 0.29) is 5.78 Å². The standard InChI is InChI=1S/C22H19N7O/c23-22-21-17(16-4-3-15(12-19(16)26-22)18-7-10-25-27-18)13-29(28-21)11-1-2-20(30)14-5-8-24-9-6-14/h3-10,12-13H,1-2,11H2,(H2,23,26)(H,25,27). The average molecular weight is 397 g/mol. The Hall–Kier alpha value is -4.07. The number of aromatic amines is 1. The highest BCUT2D eigenvalue weighted by Gasteiger charge is 2.13. The topological polar surface area (TPSA) is 115 Å². The second-order valence-corrected chi connectivity index (χ2v) is 7.12. The summed E-state index contributed by atoms with van der Waals surface area (Å²) in [6.07, 6.45) is 8.08. The summed E-state index contributed by atoms with van der Waals surface area (Å²) in [6, 6.07) is 11.4. The van der Waals surface area contributed by atoms with E-state index in [1.165, 1.54) is 0 Å². The zero-order chi connectivity index (χ0) is 20.5. The first-order valence-electron chi connectivity index (χ1n) is 9.68. The minimum atomic E-state index is 0.104. The van der Waals surface area contributed by atoms with Gasteiger partial charge in [0.15, 0.2) is 11.6 Å². The van der Waals surface area contributed by atoms with Gasteiger partial charge in [-0.3, -0.25) is 19.6 Å². The number of aromatic nitrogens is 6. The molecule has 5 rings (SSSR count). The van der Waals surface area contributed by atoms with Crippen molar-refractivity contribution < 1.29 is 4.79 Å². The van der Waals surface area contributed by atoms with Gasteiger partial charge in [0.25, 0.3) is 0 Å². The fourth-order valence-corrected chi connectivity index (χ4v) is 3.62. The average Bonchev–Trinajstić information content (AvgIpc) is 3.45. The Kier molecular flexibility index (Phi) is 4.44. The van der Waals surface area contributed by atoms with E-state index < -0.39 is 0 Å². The highest BCUT2D eigenvalue weighted by Crippen LogP contribution is 2.30. The Bertz CT molecular complexity index is 1340. The maximum Gasteiger partial charge on any atom is 0.163 e. The molecule has 0 radical (unpaired) electrons. The fourth-order valence-electron chi connectivity index (χ4n) is 3.62. The maximum absolute atomic E-state index is 12.3. The molecule has 0 amide bonds. The largest absolute Gasteiger partial charge is 0.382 e. The third kappa shape index (κ3) is 3.28. The number of fused-ring (bicyclic) bond motifs is 3. The second kappa shape index (κ2) is 7.40. The number of carbonyl (C=O) groups is 1. The fraction of sp³-hybridized carbons (Fsp3) is 0.136. The normalized spacial score (nSPS) is 11.3. The number of nitrogens with two attached hydrogens (primary N) is 1. The molecule has 3 N–H and O–H groups in total. The van der Waals surface area contributed by atoms with E-state index in [0.29, 0.717) is 36.3 Å². The monoisotopic (exact) mass is 397 g/mol. The van der Waals surface area contributed by atoms with Crippen molar-refractivity contribution in [2.24, 2.45) is 0 Å². The molecule has 1 aromatic carbocycles. The number of pyridine rings is 2. The highest BCUT2D eigenvalue weighted by atomic mass is 16.1. The number of carbonyl (C=O) groups excluding carboxylic acids is 1. The summed E-state index contributed by atoms with van der Waals surface area (Å²) in [4.78, 5) is 20.8. The summed E-state index contributed by atoms with van der Waals surface area (Å²) in [6.45, 7) is 0.624. The lowest BCUT2D eigenvalue weighted by molar-refractivity contribution is 0.0978. The number of nitrogens with zero attached hydrogens (tertiary/aromatic N) is 5. The van der Waals surface area contributed by atoms with Crippen LogP contribution in [0.4, 0.5) is 5.82 Å². The van der Waals surface area contributed by atoms with Crippen LogP contribution < -0.4 is 5.73 Å². The predicted octanol–water partition coefficient (Wildman–Crippen LogP) is 3.61. The Morgan fingerprint density at radius 2 is 1.93 bits per heavy atom. The second-order valence-electron chi connectivity index (χ2n) is 7.12. The van der Waals surface area contributed by atoms with Crippen molar-refractivity contribution >= 4 is 33.4 Å². The van der Waals surface area contributed by atoms with Gasteiger partial charge in [-0.05, 0) is 30.7 Å². The van der Waals surface area contributed by atoms with Crippen LogP contribution in [0.15, 0.2) is 61.2 Å². The molecule has 30 heavy (non-hydrogen) atoms. The summed E-state index contributed by atoms with van der Waals surface area (Å²) in [5.74, 6) is 0.498. The molecular formula is C22H19N7O. The zero-order valence-electron chi connectivity index (χ0n) is 16.1. The van der Waals surface area contributed by atoms with Gasteiger partial charge in [-0.15, -0.1) is 0 Å². The van der Waals surface area contributed by atoms with Gasteiger partial charge < -0.3 is 5.73 Å². The third-order valence-corrected chi connectivity index (χ3v) is 5.14. The minimum absolute atomic E-state index is 0.104. The summed E-state index contributed by atoms with van der Waals surface area (Å²) >= 11 is 0. The van der Waals surface area contributed by atoms with E-state index in [0.717, 1.165) is 27.5 Å². The van der Waals surface area contributed by atoms with Gasteiger partial charge >= 0.3 is 0 Å². The SMILES string of the molecule is Nc1nc2cc(-c3ccn[nH]3)ccc2c2cn(CCCC(=O)c3ccncc3)nc12. The molecule has 4 aromatic heterocycles. The number of aryl methyl sites for hydroxylation is 1. The number of H-pyrrole nitrogens is 1. The number of hydrogen-bond donors (Lipinski definition) is 2. The lowest BCUT2D eigenvalue weighted by atomic mass is 10.1. The molecule has 0 aliphatic heterocycles. The summed E-state index contributed by atoms with van der Waals surface area (Å²) in [5.41, 5.74) is 10.3. The smallest absolute Gasteiger partial charge is 0.163 e. The van der Waals surface area contributed by atoms with Crippen LogP contribution in [0, 0.1) is 0 Å². The number of rotatable bonds is 6. The Morgan fingerprint density at radius 1 is 1.07 bits per heavy atom. The van der Waals surface area contributed by atoms with Crippen LogP contribution in [-0.4, -0.2) is 35.7 Å². The van der Waals surface area contributed by atoms with Crippen LogP contribution in [0.2, 0.25) is 0 Å². The van der Waals surface area contributed by atoms with Crippen molar-refractivity contribution in [1.29, 1.82) is 0 Å². The van der Waals surface area contributed by atoms with Gasteiger partial charge in [-0.1, -0.05) is 12.1 Å². The van der Waals surface area contributed by atoms with Crippen LogP contribution in [0.5, 0.6) is 0 Å². The van der Waals surface area contributed by atoms with Gasteiger partial charge in [-0.2, -0.15) is 10.2 Å². The molecule has 5 aromatic rings. The van der Waals surface area contributed by atoms with Crippen molar-refractivity contribution in [3.8, 4) is 11.3 Å². The molecule has 0 fully saturated rings. The summed E-state index contributed by atoms with van der Waals surface area (Å²) in [5, 5.41) is 13.5. The molecule has 0 atom stereocenters. The van der Waals surface area contributed by atoms with E-state index in [1.54, 1.807) is 30.7 Å². The number of Topliss-reactive ketones (excluding diaryl/α,β-unsaturated/α-hetero) is 1. The van der Waals surface area contributed by atoms with Crippen molar-refractivity contribution in [3.63, 3.8) is 0 Å². The lowest BCUT2D eigenvalue weighted by Gasteiger charge is -2.03. The van der Waals surface area contributed by atoms with E-state index in [4.69, 9.17) is 5.73 Å². The Labute approximate surface area is 171 Å². The predicted molar refractivity (Wildman–Crippen MR) is 115 cm³/mol. The molecule has 0 spiro atoms. The molecule has 4 heterocycles. The Morgan fingerprint density at radius 3 is 2.73 bits per heavy atom. The van der Waals surface area contributed by atoms with E-state index in [2.05, 4.69) is 25.3 Å². The van der Waals surface area contributed by atoms with E-state index >= 15 is 0 Å². The molecule has 0 unspecified atom stereocenters. The Balaban J connectivity index is 1.40. The third-order valence-electron chi connectivity index (χ3n) is 5.14. The van der Waals surface area contributed by atoms with Crippen LogP contribution >= 0.6 is 0 Å².